The fourth-order valence-electron chi connectivity index (χ4n) is 2.06. The van der Waals surface area contributed by atoms with Gasteiger partial charge in [0.25, 0.3) is 0 Å². The number of fused-ring (bicyclic) bond motifs is 1. The van der Waals surface area contributed by atoms with Gasteiger partial charge in [0.15, 0.2) is 0 Å². The maximum atomic E-state index is 5.89. The minimum absolute atomic E-state index is 0.134. The number of hydrogen-bond acceptors (Lipinski definition) is 3. The van der Waals surface area contributed by atoms with E-state index in [0.29, 0.717) is 6.54 Å². The summed E-state index contributed by atoms with van der Waals surface area (Å²) >= 11 is 1.72. The molecule has 0 aliphatic rings. The van der Waals surface area contributed by atoms with Gasteiger partial charge in [-0.2, -0.15) is 5.10 Å². The molecule has 0 saturated heterocycles. The molecule has 1 unspecified atom stereocenters. The first-order valence-corrected chi connectivity index (χ1v) is 6.44. The lowest BCUT2D eigenvalue weighted by Crippen LogP contribution is -2.20. The quantitative estimate of drug-likeness (QED) is 0.768. The Morgan fingerprint density at radius 3 is 2.88 bits per heavy atom. The molecule has 0 bridgehead atoms. The lowest BCUT2D eigenvalue weighted by molar-refractivity contribution is 0.557. The van der Waals surface area contributed by atoms with Crippen LogP contribution in [-0.4, -0.2) is 16.3 Å². The van der Waals surface area contributed by atoms with Gasteiger partial charge in [0.2, 0.25) is 0 Å². The summed E-state index contributed by atoms with van der Waals surface area (Å²) in [5, 5.41) is 7.69. The Morgan fingerprint density at radius 2 is 2.12 bits per heavy atom. The van der Waals surface area contributed by atoms with E-state index in [9.17, 15) is 0 Å². The fourth-order valence-corrected chi connectivity index (χ4v) is 2.88. The molecule has 0 aliphatic heterocycles. The van der Waals surface area contributed by atoms with Gasteiger partial charge in [-0.05, 0) is 17.5 Å². The van der Waals surface area contributed by atoms with E-state index in [1.54, 1.807) is 11.3 Å². The third-order valence-corrected chi connectivity index (χ3v) is 3.87. The Hall–Kier alpha value is -1.65. The summed E-state index contributed by atoms with van der Waals surface area (Å²) in [6.07, 6.45) is 1.89. The summed E-state index contributed by atoms with van der Waals surface area (Å²) in [5.74, 6) is 0. The van der Waals surface area contributed by atoms with Crippen molar-refractivity contribution in [3.8, 4) is 0 Å². The van der Waals surface area contributed by atoms with Gasteiger partial charge in [-0.15, -0.1) is 11.3 Å². The SMILES string of the molecule is NCC(c1cccs1)n1ncc2ccccc21. The van der Waals surface area contributed by atoms with Crippen LogP contribution in [-0.2, 0) is 0 Å². The molecule has 0 fully saturated rings. The number of para-hydroxylation sites is 1. The second-order valence-corrected chi connectivity index (χ2v) is 4.89. The number of nitrogens with two attached hydrogens (primary N) is 1. The Morgan fingerprint density at radius 1 is 1.24 bits per heavy atom. The highest BCUT2D eigenvalue weighted by Gasteiger charge is 2.15. The van der Waals surface area contributed by atoms with Gasteiger partial charge >= 0.3 is 0 Å². The monoisotopic (exact) mass is 243 g/mol. The van der Waals surface area contributed by atoms with Crippen LogP contribution in [0.3, 0.4) is 0 Å². The molecule has 0 radical (unpaired) electrons. The molecule has 2 aromatic heterocycles. The van der Waals surface area contributed by atoms with Gasteiger partial charge in [-0.3, -0.25) is 4.68 Å². The topological polar surface area (TPSA) is 43.8 Å². The van der Waals surface area contributed by atoms with Gasteiger partial charge < -0.3 is 5.73 Å². The molecule has 0 aliphatic carbocycles. The number of thiophene rings is 1. The number of benzene rings is 1. The van der Waals surface area contributed by atoms with Crippen molar-refractivity contribution in [2.24, 2.45) is 5.73 Å². The molecule has 1 aromatic carbocycles. The zero-order chi connectivity index (χ0) is 11.7. The first-order chi connectivity index (χ1) is 8.40. The zero-order valence-corrected chi connectivity index (χ0v) is 10.1. The molecule has 0 saturated carbocycles. The largest absolute Gasteiger partial charge is 0.328 e. The summed E-state index contributed by atoms with van der Waals surface area (Å²) in [6, 6.07) is 12.5. The van der Waals surface area contributed by atoms with Crippen molar-refractivity contribution in [1.29, 1.82) is 0 Å². The predicted octanol–water partition coefficient (Wildman–Crippen LogP) is 2.65. The van der Waals surface area contributed by atoms with E-state index in [4.69, 9.17) is 5.73 Å². The van der Waals surface area contributed by atoms with Crippen LogP contribution >= 0.6 is 11.3 Å². The molecule has 1 atom stereocenters. The molecular formula is C13H13N3S. The average Bonchev–Trinajstić information content (AvgIpc) is 3.01. The van der Waals surface area contributed by atoms with Crippen LogP contribution in [0.4, 0.5) is 0 Å². The lowest BCUT2D eigenvalue weighted by atomic mass is 10.2. The van der Waals surface area contributed by atoms with Crippen molar-refractivity contribution >= 4 is 22.2 Å². The fraction of sp³-hybridized carbons (Fsp3) is 0.154. The van der Waals surface area contributed by atoms with Crippen LogP contribution in [0.2, 0.25) is 0 Å². The standard InChI is InChI=1S/C13H13N3S/c14-8-12(13-6-3-7-17-13)16-11-5-2-1-4-10(11)9-15-16/h1-7,9,12H,8,14H2. The third-order valence-electron chi connectivity index (χ3n) is 2.89. The van der Waals surface area contributed by atoms with Gasteiger partial charge in [0, 0.05) is 16.8 Å². The molecule has 17 heavy (non-hydrogen) atoms. The number of hydrogen-bond donors (Lipinski definition) is 1. The molecule has 3 aromatic rings. The Labute approximate surface area is 103 Å². The molecule has 86 valence electrons. The Bertz CT molecular complexity index is 612. The summed E-state index contributed by atoms with van der Waals surface area (Å²) in [5.41, 5.74) is 7.03. The number of rotatable bonds is 3. The smallest absolute Gasteiger partial charge is 0.0989 e. The van der Waals surface area contributed by atoms with Crippen LogP contribution in [0.5, 0.6) is 0 Å². The third kappa shape index (κ3) is 1.75. The highest BCUT2D eigenvalue weighted by molar-refractivity contribution is 7.10. The normalized spacial score (nSPS) is 13.0. The molecule has 0 spiro atoms. The first-order valence-electron chi connectivity index (χ1n) is 5.56. The average molecular weight is 243 g/mol. The molecule has 3 rings (SSSR count). The maximum absolute atomic E-state index is 5.89. The zero-order valence-electron chi connectivity index (χ0n) is 9.28. The van der Waals surface area contributed by atoms with Crippen molar-refractivity contribution in [3.05, 3.63) is 52.9 Å². The maximum Gasteiger partial charge on any atom is 0.0989 e. The summed E-state index contributed by atoms with van der Waals surface area (Å²) in [6.45, 7) is 0.562. The summed E-state index contributed by atoms with van der Waals surface area (Å²) in [4.78, 5) is 1.25. The lowest BCUT2D eigenvalue weighted by Gasteiger charge is -2.14. The van der Waals surface area contributed by atoms with Gasteiger partial charge in [0.1, 0.15) is 0 Å². The van der Waals surface area contributed by atoms with Crippen molar-refractivity contribution in [2.75, 3.05) is 6.54 Å². The summed E-state index contributed by atoms with van der Waals surface area (Å²) < 4.78 is 2.02. The molecule has 3 nitrogen and oxygen atoms in total. The van der Waals surface area contributed by atoms with E-state index in [1.807, 2.05) is 29.1 Å². The Kier molecular flexibility index (Phi) is 2.66. The van der Waals surface area contributed by atoms with Crippen molar-refractivity contribution in [3.63, 3.8) is 0 Å². The minimum Gasteiger partial charge on any atom is -0.328 e. The van der Waals surface area contributed by atoms with Gasteiger partial charge in [-0.25, -0.2) is 0 Å². The molecule has 2 heterocycles. The van der Waals surface area contributed by atoms with Crippen LogP contribution in [0, 0.1) is 0 Å². The predicted molar refractivity (Wildman–Crippen MR) is 71.2 cm³/mol. The summed E-state index contributed by atoms with van der Waals surface area (Å²) in [7, 11) is 0. The van der Waals surface area contributed by atoms with E-state index in [2.05, 4.69) is 28.7 Å². The van der Waals surface area contributed by atoms with Crippen LogP contribution in [0.1, 0.15) is 10.9 Å². The number of nitrogens with zero attached hydrogens (tertiary/aromatic N) is 2. The van der Waals surface area contributed by atoms with Crippen molar-refractivity contribution in [1.82, 2.24) is 9.78 Å². The van der Waals surface area contributed by atoms with E-state index in [-0.39, 0.29) is 6.04 Å². The highest BCUT2D eigenvalue weighted by atomic mass is 32.1. The van der Waals surface area contributed by atoms with Crippen LogP contribution < -0.4 is 5.73 Å². The highest BCUT2D eigenvalue weighted by Crippen LogP contribution is 2.25. The van der Waals surface area contributed by atoms with Crippen molar-refractivity contribution < 1.29 is 0 Å². The van der Waals surface area contributed by atoms with Gasteiger partial charge in [-0.1, -0.05) is 24.3 Å². The number of aromatic nitrogens is 2. The first kappa shape index (κ1) is 10.5. The molecule has 0 amide bonds. The van der Waals surface area contributed by atoms with Crippen molar-refractivity contribution in [2.45, 2.75) is 6.04 Å². The molecule has 2 N–H and O–H groups in total. The van der Waals surface area contributed by atoms with Gasteiger partial charge in [0.05, 0.1) is 17.8 Å². The minimum atomic E-state index is 0.134. The van der Waals surface area contributed by atoms with Crippen LogP contribution in [0.15, 0.2) is 48.0 Å². The van der Waals surface area contributed by atoms with E-state index in [0.717, 1.165) is 10.9 Å². The Balaban J connectivity index is 2.13. The van der Waals surface area contributed by atoms with Crippen LogP contribution in [0.25, 0.3) is 10.9 Å². The molecular weight excluding hydrogens is 230 g/mol. The molecule has 4 heteroatoms. The second-order valence-electron chi connectivity index (χ2n) is 3.91. The second kappa shape index (κ2) is 4.31. The van der Waals surface area contributed by atoms with E-state index >= 15 is 0 Å². The van der Waals surface area contributed by atoms with E-state index < -0.39 is 0 Å². The van der Waals surface area contributed by atoms with E-state index in [1.165, 1.54) is 4.88 Å².